The third kappa shape index (κ3) is 5.12. The van der Waals surface area contributed by atoms with Crippen LogP contribution >= 0.6 is 0 Å². The van der Waals surface area contributed by atoms with Crippen LogP contribution in [-0.2, 0) is 6.54 Å². The molecule has 160 valence electrons. The minimum Gasteiger partial charge on any atom is -0.497 e. The summed E-state index contributed by atoms with van der Waals surface area (Å²) in [6.45, 7) is 4.75. The molecule has 0 saturated carbocycles. The van der Waals surface area contributed by atoms with Gasteiger partial charge in [0.1, 0.15) is 5.75 Å². The van der Waals surface area contributed by atoms with Crippen LogP contribution in [0, 0.1) is 6.92 Å². The van der Waals surface area contributed by atoms with Crippen molar-refractivity contribution in [2.45, 2.75) is 32.4 Å². The largest absolute Gasteiger partial charge is 0.497 e. The molecule has 1 aromatic heterocycles. The first-order valence-corrected chi connectivity index (χ1v) is 10.8. The van der Waals surface area contributed by atoms with Gasteiger partial charge in [0.15, 0.2) is 0 Å². The van der Waals surface area contributed by atoms with Crippen LogP contribution in [0.25, 0.3) is 0 Å². The standard InChI is InChI=1S/C26H29N3O2/c1-20-9-11-21(12-10-20)26(30)29(24-7-5-8-25(18-24)31-2)23-13-16-28(17-14-23)19-22-6-3-4-15-27-22/h3-12,15,18,23H,13-14,16-17,19H2,1-2H3. The Morgan fingerprint density at radius 1 is 1.06 bits per heavy atom. The van der Waals surface area contributed by atoms with Gasteiger partial charge in [-0.3, -0.25) is 14.7 Å². The normalized spacial score (nSPS) is 14.9. The highest BCUT2D eigenvalue weighted by Crippen LogP contribution is 2.29. The molecule has 0 spiro atoms. The fraction of sp³-hybridized carbons (Fsp3) is 0.308. The highest BCUT2D eigenvalue weighted by molar-refractivity contribution is 6.06. The summed E-state index contributed by atoms with van der Waals surface area (Å²) in [6.07, 6.45) is 3.68. The van der Waals surface area contributed by atoms with E-state index in [1.54, 1.807) is 7.11 Å². The molecule has 0 atom stereocenters. The number of methoxy groups -OCH3 is 1. The van der Waals surface area contributed by atoms with Crippen molar-refractivity contribution in [1.82, 2.24) is 9.88 Å². The van der Waals surface area contributed by atoms with Crippen molar-refractivity contribution < 1.29 is 9.53 Å². The van der Waals surface area contributed by atoms with E-state index in [0.29, 0.717) is 5.56 Å². The van der Waals surface area contributed by atoms with E-state index < -0.39 is 0 Å². The van der Waals surface area contributed by atoms with Crippen LogP contribution in [0.15, 0.2) is 72.9 Å². The molecule has 0 N–H and O–H groups in total. The van der Waals surface area contributed by atoms with Crippen molar-refractivity contribution in [1.29, 1.82) is 0 Å². The van der Waals surface area contributed by atoms with E-state index in [4.69, 9.17) is 4.74 Å². The van der Waals surface area contributed by atoms with Crippen molar-refractivity contribution in [2.24, 2.45) is 0 Å². The van der Waals surface area contributed by atoms with Gasteiger partial charge < -0.3 is 9.64 Å². The number of hydrogen-bond donors (Lipinski definition) is 0. The Morgan fingerprint density at radius 2 is 1.84 bits per heavy atom. The topological polar surface area (TPSA) is 45.7 Å². The van der Waals surface area contributed by atoms with Gasteiger partial charge in [0.05, 0.1) is 12.8 Å². The molecule has 4 rings (SSSR count). The van der Waals surface area contributed by atoms with Crippen LogP contribution in [0.3, 0.4) is 0 Å². The Balaban J connectivity index is 1.54. The monoisotopic (exact) mass is 415 g/mol. The Morgan fingerprint density at radius 3 is 2.52 bits per heavy atom. The van der Waals surface area contributed by atoms with Gasteiger partial charge in [0.2, 0.25) is 0 Å². The molecule has 5 heteroatoms. The summed E-state index contributed by atoms with van der Waals surface area (Å²) in [5, 5.41) is 0. The number of nitrogens with zero attached hydrogens (tertiary/aromatic N) is 3. The minimum atomic E-state index is 0.0384. The van der Waals surface area contributed by atoms with E-state index >= 15 is 0 Å². The summed E-state index contributed by atoms with van der Waals surface area (Å²) in [4.78, 5) is 22.4. The highest BCUT2D eigenvalue weighted by atomic mass is 16.5. The van der Waals surface area contributed by atoms with Gasteiger partial charge in [-0.25, -0.2) is 0 Å². The molecule has 1 fully saturated rings. The first-order valence-electron chi connectivity index (χ1n) is 10.8. The number of aromatic nitrogens is 1. The zero-order valence-electron chi connectivity index (χ0n) is 18.2. The number of carbonyl (C=O) groups is 1. The second-order valence-electron chi connectivity index (χ2n) is 8.07. The van der Waals surface area contributed by atoms with Gasteiger partial charge in [0, 0.05) is 49.2 Å². The molecule has 31 heavy (non-hydrogen) atoms. The molecule has 2 heterocycles. The number of hydrogen-bond acceptors (Lipinski definition) is 4. The van der Waals surface area contributed by atoms with Crippen LogP contribution < -0.4 is 9.64 Å². The van der Waals surface area contributed by atoms with Gasteiger partial charge in [-0.05, 0) is 56.2 Å². The Hall–Kier alpha value is -3.18. The molecular weight excluding hydrogens is 386 g/mol. The van der Waals surface area contributed by atoms with Crippen molar-refractivity contribution >= 4 is 11.6 Å². The molecule has 0 bridgehead atoms. The van der Waals surface area contributed by atoms with Crippen LogP contribution in [0.2, 0.25) is 0 Å². The molecular formula is C26H29N3O2. The highest BCUT2D eigenvalue weighted by Gasteiger charge is 2.30. The quantitative estimate of drug-likeness (QED) is 0.585. The maximum atomic E-state index is 13.6. The van der Waals surface area contributed by atoms with Gasteiger partial charge in [-0.1, -0.05) is 29.8 Å². The van der Waals surface area contributed by atoms with Gasteiger partial charge >= 0.3 is 0 Å². The third-order valence-electron chi connectivity index (χ3n) is 5.88. The molecule has 3 aromatic rings. The summed E-state index contributed by atoms with van der Waals surface area (Å²) < 4.78 is 5.42. The predicted octanol–water partition coefficient (Wildman–Crippen LogP) is 4.71. The van der Waals surface area contributed by atoms with Gasteiger partial charge in [-0.2, -0.15) is 0 Å². The molecule has 1 aliphatic heterocycles. The number of piperidine rings is 1. The van der Waals surface area contributed by atoms with Gasteiger partial charge in [-0.15, -0.1) is 0 Å². The van der Waals surface area contributed by atoms with Crippen molar-refractivity contribution in [3.05, 3.63) is 89.7 Å². The summed E-state index contributed by atoms with van der Waals surface area (Å²) in [6, 6.07) is 21.8. The molecule has 1 amide bonds. The maximum Gasteiger partial charge on any atom is 0.258 e. The molecule has 0 radical (unpaired) electrons. The number of anilines is 1. The van der Waals surface area contributed by atoms with Crippen LogP contribution in [-0.4, -0.2) is 42.0 Å². The van der Waals surface area contributed by atoms with E-state index in [1.165, 1.54) is 0 Å². The van der Waals surface area contributed by atoms with Crippen molar-refractivity contribution in [3.8, 4) is 5.75 Å². The second kappa shape index (κ2) is 9.75. The molecule has 0 unspecified atom stereocenters. The van der Waals surface area contributed by atoms with Crippen LogP contribution in [0.4, 0.5) is 5.69 Å². The summed E-state index contributed by atoms with van der Waals surface area (Å²) in [5.74, 6) is 0.795. The second-order valence-corrected chi connectivity index (χ2v) is 8.07. The van der Waals surface area contributed by atoms with Gasteiger partial charge in [0.25, 0.3) is 5.91 Å². The van der Waals surface area contributed by atoms with Crippen LogP contribution in [0.1, 0.15) is 34.5 Å². The number of likely N-dealkylation sites (tertiary alicyclic amines) is 1. The van der Waals surface area contributed by atoms with Crippen LogP contribution in [0.5, 0.6) is 5.75 Å². The lowest BCUT2D eigenvalue weighted by Crippen LogP contribution is -2.47. The molecule has 1 aliphatic rings. The number of benzene rings is 2. The molecule has 5 nitrogen and oxygen atoms in total. The number of carbonyl (C=O) groups excluding carboxylic acids is 1. The number of ether oxygens (including phenoxy) is 1. The van der Waals surface area contributed by atoms with E-state index in [-0.39, 0.29) is 11.9 Å². The Bertz CT molecular complexity index is 997. The molecule has 0 aliphatic carbocycles. The van der Waals surface area contributed by atoms with E-state index in [9.17, 15) is 4.79 Å². The number of rotatable bonds is 6. The Kier molecular flexibility index (Phi) is 6.63. The molecule has 2 aromatic carbocycles. The van der Waals surface area contributed by atoms with Crippen molar-refractivity contribution in [3.63, 3.8) is 0 Å². The number of pyridine rings is 1. The van der Waals surface area contributed by atoms with E-state index in [0.717, 1.165) is 55.2 Å². The minimum absolute atomic E-state index is 0.0384. The lowest BCUT2D eigenvalue weighted by Gasteiger charge is -2.38. The average molecular weight is 416 g/mol. The average Bonchev–Trinajstić information content (AvgIpc) is 2.81. The fourth-order valence-corrected chi connectivity index (χ4v) is 4.15. The summed E-state index contributed by atoms with van der Waals surface area (Å²) >= 11 is 0. The third-order valence-corrected chi connectivity index (χ3v) is 5.88. The zero-order chi connectivity index (χ0) is 21.6. The first kappa shape index (κ1) is 21.1. The smallest absolute Gasteiger partial charge is 0.258 e. The van der Waals surface area contributed by atoms with E-state index in [1.807, 2.05) is 78.7 Å². The first-order chi connectivity index (χ1) is 15.1. The number of amides is 1. The SMILES string of the molecule is COc1cccc(N(C(=O)c2ccc(C)cc2)C2CCN(Cc3ccccn3)CC2)c1. The van der Waals surface area contributed by atoms with Crippen molar-refractivity contribution in [2.75, 3.05) is 25.1 Å². The lowest BCUT2D eigenvalue weighted by molar-refractivity contribution is 0.0958. The summed E-state index contributed by atoms with van der Waals surface area (Å²) in [7, 11) is 1.65. The number of aryl methyl sites for hydroxylation is 1. The zero-order valence-corrected chi connectivity index (χ0v) is 18.2. The fourth-order valence-electron chi connectivity index (χ4n) is 4.15. The predicted molar refractivity (Wildman–Crippen MR) is 124 cm³/mol. The van der Waals surface area contributed by atoms with E-state index in [2.05, 4.69) is 16.0 Å². The molecule has 1 saturated heterocycles. The lowest BCUT2D eigenvalue weighted by atomic mass is 10.00. The maximum absolute atomic E-state index is 13.6. The Labute approximate surface area is 184 Å². The summed E-state index contributed by atoms with van der Waals surface area (Å²) in [5.41, 5.74) is 3.83.